The predicted octanol–water partition coefficient (Wildman–Crippen LogP) is 3.92. The van der Waals surface area contributed by atoms with E-state index < -0.39 is 0 Å². The van der Waals surface area contributed by atoms with E-state index in [1.807, 2.05) is 0 Å². The monoisotopic (exact) mass is 400 g/mol. The lowest BCUT2D eigenvalue weighted by Crippen LogP contribution is -2.42. The third-order valence-electron chi connectivity index (χ3n) is 5.25. The molecule has 6 heteroatoms. The minimum Gasteiger partial charge on any atom is -0.484 e. The van der Waals surface area contributed by atoms with Gasteiger partial charge in [0.25, 0.3) is 5.91 Å². The first kappa shape index (κ1) is 20.6. The molecule has 1 amide bonds. The van der Waals surface area contributed by atoms with Crippen molar-refractivity contribution in [2.75, 3.05) is 26.2 Å². The summed E-state index contributed by atoms with van der Waals surface area (Å²) in [5.74, 6) is 1.23. The van der Waals surface area contributed by atoms with Crippen LogP contribution in [0, 0.1) is 5.92 Å². The van der Waals surface area contributed by atoms with E-state index in [1.54, 1.807) is 35.6 Å². The summed E-state index contributed by atoms with van der Waals surface area (Å²) in [6.07, 6.45) is 2.41. The highest BCUT2D eigenvalue weighted by Gasteiger charge is 2.25. The van der Waals surface area contributed by atoms with Crippen molar-refractivity contribution in [1.29, 1.82) is 0 Å². The number of rotatable bonds is 8. The van der Waals surface area contributed by atoms with Crippen LogP contribution in [-0.4, -0.2) is 42.8 Å². The molecule has 1 atom stereocenters. The van der Waals surface area contributed by atoms with Gasteiger partial charge in [-0.05, 0) is 74.5 Å². The van der Waals surface area contributed by atoms with Crippen molar-refractivity contribution in [3.05, 3.63) is 52.2 Å². The number of ether oxygens (including phenoxy) is 1. The van der Waals surface area contributed by atoms with E-state index in [-0.39, 0.29) is 24.3 Å². The second-order valence-electron chi connectivity index (χ2n) is 7.42. The number of thiophene rings is 1. The van der Waals surface area contributed by atoms with Gasteiger partial charge in [0.1, 0.15) is 5.75 Å². The third kappa shape index (κ3) is 5.66. The molecule has 0 bridgehead atoms. The number of benzene rings is 1. The van der Waals surface area contributed by atoms with Crippen LogP contribution in [0.1, 0.15) is 48.0 Å². The molecular formula is C22H28N2O3S. The zero-order valence-electron chi connectivity index (χ0n) is 16.5. The van der Waals surface area contributed by atoms with Crippen LogP contribution in [0.4, 0.5) is 0 Å². The summed E-state index contributed by atoms with van der Waals surface area (Å²) in [5.41, 5.74) is 0.631. The molecule has 0 saturated carbocycles. The number of nitrogens with one attached hydrogen (secondary N) is 1. The molecular weight excluding hydrogens is 372 g/mol. The molecule has 0 aliphatic carbocycles. The average molecular weight is 401 g/mol. The highest BCUT2D eigenvalue weighted by atomic mass is 32.1. The largest absolute Gasteiger partial charge is 0.484 e. The maximum Gasteiger partial charge on any atom is 0.258 e. The summed E-state index contributed by atoms with van der Waals surface area (Å²) < 4.78 is 5.55. The first-order valence-corrected chi connectivity index (χ1v) is 10.7. The van der Waals surface area contributed by atoms with Gasteiger partial charge in [-0.25, -0.2) is 0 Å². The van der Waals surface area contributed by atoms with Gasteiger partial charge in [0.05, 0.1) is 6.04 Å². The summed E-state index contributed by atoms with van der Waals surface area (Å²) in [7, 11) is 0. The van der Waals surface area contributed by atoms with Gasteiger partial charge < -0.3 is 10.1 Å². The molecule has 2 aromatic rings. The van der Waals surface area contributed by atoms with Crippen LogP contribution in [0.15, 0.2) is 41.8 Å². The van der Waals surface area contributed by atoms with Gasteiger partial charge >= 0.3 is 0 Å². The van der Waals surface area contributed by atoms with E-state index in [2.05, 4.69) is 34.7 Å². The number of nitrogens with zero attached hydrogens (tertiary/aromatic N) is 1. The number of Topliss-reactive ketones (excluding diaryl/α,β-unsaturated/α-hetero) is 1. The molecule has 0 spiro atoms. The van der Waals surface area contributed by atoms with Crippen molar-refractivity contribution < 1.29 is 14.3 Å². The Morgan fingerprint density at radius 1 is 1.21 bits per heavy atom. The zero-order valence-corrected chi connectivity index (χ0v) is 17.3. The SMILES string of the molecule is CC(=O)c1ccc(OCC(=O)NCC(c2cccs2)N2CCC(C)CC2)cc1. The molecule has 1 fully saturated rings. The molecule has 1 unspecified atom stereocenters. The van der Waals surface area contributed by atoms with Crippen molar-refractivity contribution in [3.8, 4) is 5.75 Å². The summed E-state index contributed by atoms with van der Waals surface area (Å²) >= 11 is 1.74. The Balaban J connectivity index is 1.51. The van der Waals surface area contributed by atoms with Gasteiger partial charge in [-0.1, -0.05) is 13.0 Å². The highest BCUT2D eigenvalue weighted by molar-refractivity contribution is 7.10. The molecule has 1 aliphatic rings. The average Bonchev–Trinajstić information content (AvgIpc) is 3.22. The summed E-state index contributed by atoms with van der Waals surface area (Å²) in [6.45, 7) is 6.51. The number of piperidine rings is 1. The molecule has 0 radical (unpaired) electrons. The predicted molar refractivity (Wildman–Crippen MR) is 112 cm³/mol. The number of likely N-dealkylation sites (tertiary alicyclic amines) is 1. The van der Waals surface area contributed by atoms with Crippen molar-refractivity contribution in [2.45, 2.75) is 32.7 Å². The van der Waals surface area contributed by atoms with Gasteiger partial charge in [0, 0.05) is 17.0 Å². The molecule has 1 N–H and O–H groups in total. The van der Waals surface area contributed by atoms with Crippen LogP contribution in [0.3, 0.4) is 0 Å². The van der Waals surface area contributed by atoms with E-state index in [9.17, 15) is 9.59 Å². The minimum atomic E-state index is -0.137. The first-order valence-electron chi connectivity index (χ1n) is 9.81. The third-order valence-corrected chi connectivity index (χ3v) is 6.23. The molecule has 3 rings (SSSR count). The van der Waals surface area contributed by atoms with Crippen molar-refractivity contribution in [1.82, 2.24) is 10.2 Å². The van der Waals surface area contributed by atoms with E-state index in [4.69, 9.17) is 4.74 Å². The van der Waals surface area contributed by atoms with Gasteiger partial charge in [0.2, 0.25) is 0 Å². The lowest BCUT2D eigenvalue weighted by Gasteiger charge is -2.36. The summed E-state index contributed by atoms with van der Waals surface area (Å²) in [5, 5.41) is 5.11. The molecule has 1 aliphatic heterocycles. The number of hydrogen-bond acceptors (Lipinski definition) is 5. The Labute approximate surface area is 170 Å². The standard InChI is InChI=1S/C22H28N2O3S/c1-16-9-11-24(12-10-16)20(21-4-3-13-28-21)14-23-22(26)15-27-19-7-5-18(6-8-19)17(2)25/h3-8,13,16,20H,9-12,14-15H2,1-2H3,(H,23,26). The van der Waals surface area contributed by atoms with E-state index in [0.29, 0.717) is 17.9 Å². The molecule has 1 aromatic carbocycles. The molecule has 2 heterocycles. The molecule has 5 nitrogen and oxygen atoms in total. The van der Waals surface area contributed by atoms with E-state index in [0.717, 1.165) is 19.0 Å². The van der Waals surface area contributed by atoms with Crippen LogP contribution in [-0.2, 0) is 4.79 Å². The van der Waals surface area contributed by atoms with Crippen molar-refractivity contribution in [2.24, 2.45) is 5.92 Å². The Hall–Kier alpha value is -2.18. The Morgan fingerprint density at radius 3 is 2.54 bits per heavy atom. The summed E-state index contributed by atoms with van der Waals surface area (Å²) in [6, 6.07) is 11.3. The Bertz CT molecular complexity index is 766. The fraction of sp³-hybridized carbons (Fsp3) is 0.455. The summed E-state index contributed by atoms with van der Waals surface area (Å²) in [4.78, 5) is 27.4. The Morgan fingerprint density at radius 2 is 1.93 bits per heavy atom. The van der Waals surface area contributed by atoms with Crippen LogP contribution < -0.4 is 10.1 Å². The number of carbonyl (C=O) groups excluding carboxylic acids is 2. The van der Waals surface area contributed by atoms with Crippen LogP contribution in [0.25, 0.3) is 0 Å². The van der Waals surface area contributed by atoms with Gasteiger partial charge in [-0.15, -0.1) is 11.3 Å². The minimum absolute atomic E-state index is 0.0102. The lowest BCUT2D eigenvalue weighted by molar-refractivity contribution is -0.123. The fourth-order valence-corrected chi connectivity index (χ4v) is 4.29. The van der Waals surface area contributed by atoms with Gasteiger partial charge in [0.15, 0.2) is 12.4 Å². The maximum atomic E-state index is 12.3. The normalized spacial score (nSPS) is 16.5. The quantitative estimate of drug-likeness (QED) is 0.683. The molecule has 28 heavy (non-hydrogen) atoms. The van der Waals surface area contributed by atoms with Crippen molar-refractivity contribution in [3.63, 3.8) is 0 Å². The van der Waals surface area contributed by atoms with Crippen LogP contribution >= 0.6 is 11.3 Å². The Kier molecular flexibility index (Phi) is 7.23. The van der Waals surface area contributed by atoms with Gasteiger partial charge in [-0.3, -0.25) is 14.5 Å². The lowest BCUT2D eigenvalue weighted by atomic mass is 9.97. The van der Waals surface area contributed by atoms with Crippen molar-refractivity contribution >= 4 is 23.0 Å². The number of hydrogen-bond donors (Lipinski definition) is 1. The van der Waals surface area contributed by atoms with Crippen LogP contribution in [0.5, 0.6) is 5.75 Å². The second-order valence-corrected chi connectivity index (χ2v) is 8.40. The van der Waals surface area contributed by atoms with E-state index >= 15 is 0 Å². The fourth-order valence-electron chi connectivity index (χ4n) is 3.43. The molecule has 1 saturated heterocycles. The first-order chi connectivity index (χ1) is 13.5. The maximum absolute atomic E-state index is 12.3. The van der Waals surface area contributed by atoms with Gasteiger partial charge in [-0.2, -0.15) is 0 Å². The molecule has 150 valence electrons. The van der Waals surface area contributed by atoms with Crippen LogP contribution in [0.2, 0.25) is 0 Å². The topological polar surface area (TPSA) is 58.6 Å². The molecule has 1 aromatic heterocycles. The number of amides is 1. The number of carbonyl (C=O) groups is 2. The number of ketones is 1. The second kappa shape index (κ2) is 9.85. The zero-order chi connectivity index (χ0) is 19.9. The highest BCUT2D eigenvalue weighted by Crippen LogP contribution is 2.29. The smallest absolute Gasteiger partial charge is 0.258 e. The van der Waals surface area contributed by atoms with E-state index in [1.165, 1.54) is 24.6 Å².